The van der Waals surface area contributed by atoms with Crippen LogP contribution in [0.2, 0.25) is 5.02 Å². The van der Waals surface area contributed by atoms with Gasteiger partial charge in [0, 0.05) is 11.1 Å². The minimum Gasteiger partial charge on any atom is -0.493 e. The average Bonchev–Trinajstić information content (AvgIpc) is 2.74. The van der Waals surface area contributed by atoms with Crippen molar-refractivity contribution in [1.82, 2.24) is 0 Å². The summed E-state index contributed by atoms with van der Waals surface area (Å²) in [6, 6.07) is 13.1. The van der Waals surface area contributed by atoms with Gasteiger partial charge in [-0.25, -0.2) is 17.2 Å². The largest absolute Gasteiger partial charge is 0.493 e. The number of halogens is 3. The molecule has 0 aromatic heterocycles. The van der Waals surface area contributed by atoms with Gasteiger partial charge < -0.3 is 9.47 Å². The molecule has 5 nitrogen and oxygen atoms in total. The molecular formula is C21H18ClF2NO4S. The highest BCUT2D eigenvalue weighted by atomic mass is 35.5. The molecule has 0 radical (unpaired) electrons. The molecule has 0 atom stereocenters. The third-order valence-corrected chi connectivity index (χ3v) is 6.38. The number of rotatable bonds is 7. The van der Waals surface area contributed by atoms with Crippen LogP contribution in [0.3, 0.4) is 0 Å². The molecule has 0 bridgehead atoms. The van der Waals surface area contributed by atoms with Gasteiger partial charge in [-0.1, -0.05) is 23.7 Å². The van der Waals surface area contributed by atoms with E-state index in [9.17, 15) is 17.2 Å². The Bertz CT molecular complexity index is 1150. The molecule has 0 aliphatic heterocycles. The zero-order valence-electron chi connectivity index (χ0n) is 16.1. The summed E-state index contributed by atoms with van der Waals surface area (Å²) >= 11 is 5.91. The molecule has 0 unspecified atom stereocenters. The zero-order chi connectivity index (χ0) is 21.9. The van der Waals surface area contributed by atoms with Crippen molar-refractivity contribution in [3.05, 3.63) is 82.9 Å². The second-order valence-electron chi connectivity index (χ2n) is 6.25. The Kier molecular flexibility index (Phi) is 6.48. The Hall–Kier alpha value is -2.84. The van der Waals surface area contributed by atoms with Crippen LogP contribution in [-0.2, 0) is 16.6 Å². The highest BCUT2D eigenvalue weighted by Crippen LogP contribution is 2.35. The molecule has 0 fully saturated rings. The summed E-state index contributed by atoms with van der Waals surface area (Å²) in [5.74, 6) is -0.709. The van der Waals surface area contributed by atoms with E-state index in [2.05, 4.69) is 0 Å². The minimum atomic E-state index is -4.38. The number of anilines is 1. The second-order valence-corrected chi connectivity index (χ2v) is 8.52. The first-order chi connectivity index (χ1) is 14.3. The van der Waals surface area contributed by atoms with Gasteiger partial charge in [0.25, 0.3) is 10.0 Å². The van der Waals surface area contributed by atoms with Crippen LogP contribution in [-0.4, -0.2) is 22.6 Å². The molecule has 0 aliphatic carbocycles. The molecule has 0 aliphatic rings. The van der Waals surface area contributed by atoms with Crippen LogP contribution in [0.4, 0.5) is 14.5 Å². The quantitative estimate of drug-likeness (QED) is 0.503. The molecule has 3 aromatic carbocycles. The van der Waals surface area contributed by atoms with Crippen molar-refractivity contribution in [3.8, 4) is 11.5 Å². The Morgan fingerprint density at radius 2 is 1.57 bits per heavy atom. The van der Waals surface area contributed by atoms with E-state index in [4.69, 9.17) is 21.1 Å². The third-order valence-electron chi connectivity index (χ3n) is 4.36. The van der Waals surface area contributed by atoms with Gasteiger partial charge in [-0.05, 0) is 48.0 Å². The third kappa shape index (κ3) is 4.49. The summed E-state index contributed by atoms with van der Waals surface area (Å²) in [7, 11) is -1.51. The van der Waals surface area contributed by atoms with Gasteiger partial charge in [-0.15, -0.1) is 0 Å². The highest BCUT2D eigenvalue weighted by molar-refractivity contribution is 7.92. The van der Waals surface area contributed by atoms with E-state index >= 15 is 0 Å². The monoisotopic (exact) mass is 453 g/mol. The summed E-state index contributed by atoms with van der Waals surface area (Å²) in [4.78, 5) is -0.577. The van der Waals surface area contributed by atoms with Gasteiger partial charge in [0.15, 0.2) is 11.5 Å². The van der Waals surface area contributed by atoms with Gasteiger partial charge in [-0.2, -0.15) is 0 Å². The fraction of sp³-hybridized carbons (Fsp3) is 0.143. The molecule has 3 aromatic rings. The summed E-state index contributed by atoms with van der Waals surface area (Å²) in [6.07, 6.45) is 0. The van der Waals surface area contributed by atoms with E-state index in [-0.39, 0.29) is 17.3 Å². The zero-order valence-corrected chi connectivity index (χ0v) is 17.7. The number of hydrogen-bond donors (Lipinski definition) is 0. The number of sulfonamides is 1. The number of ether oxygens (including phenoxy) is 2. The number of methoxy groups -OCH3 is 2. The molecule has 0 spiro atoms. The van der Waals surface area contributed by atoms with E-state index in [0.29, 0.717) is 17.1 Å². The molecule has 0 saturated carbocycles. The van der Waals surface area contributed by atoms with Crippen molar-refractivity contribution in [2.75, 3.05) is 18.5 Å². The van der Waals surface area contributed by atoms with Crippen molar-refractivity contribution in [2.45, 2.75) is 11.4 Å². The highest BCUT2D eigenvalue weighted by Gasteiger charge is 2.29. The van der Waals surface area contributed by atoms with Crippen molar-refractivity contribution in [1.29, 1.82) is 0 Å². The van der Waals surface area contributed by atoms with Crippen LogP contribution < -0.4 is 13.8 Å². The SMILES string of the molecule is COc1ccc(N(Cc2ccc(F)cc2)S(=O)(=O)c2cc(Cl)ccc2F)cc1OC. The summed E-state index contributed by atoms with van der Waals surface area (Å²) in [6.45, 7) is -0.177. The topological polar surface area (TPSA) is 55.8 Å². The molecule has 0 N–H and O–H groups in total. The van der Waals surface area contributed by atoms with Crippen molar-refractivity contribution in [2.24, 2.45) is 0 Å². The lowest BCUT2D eigenvalue weighted by Gasteiger charge is -2.26. The molecule has 9 heteroatoms. The number of nitrogens with zero attached hydrogens (tertiary/aromatic N) is 1. The fourth-order valence-corrected chi connectivity index (χ4v) is 4.62. The van der Waals surface area contributed by atoms with Gasteiger partial charge in [-0.3, -0.25) is 4.31 Å². The summed E-state index contributed by atoms with van der Waals surface area (Å²) < 4.78 is 66.0. The van der Waals surface area contributed by atoms with Crippen LogP contribution in [0.1, 0.15) is 5.56 Å². The number of benzene rings is 3. The molecule has 0 amide bonds. The second kappa shape index (κ2) is 8.89. The van der Waals surface area contributed by atoms with E-state index < -0.39 is 26.6 Å². The van der Waals surface area contributed by atoms with Gasteiger partial charge >= 0.3 is 0 Å². The molecule has 0 saturated heterocycles. The first kappa shape index (κ1) is 21.9. The standard InChI is InChI=1S/C21H18ClF2NO4S/c1-28-19-10-8-17(12-20(19)29-2)25(13-14-3-6-16(23)7-4-14)30(26,27)21-11-15(22)5-9-18(21)24/h3-12H,13H2,1-2H3. The van der Waals surface area contributed by atoms with Crippen LogP contribution in [0, 0.1) is 11.6 Å². The Balaban J connectivity index is 2.16. The maximum atomic E-state index is 14.4. The van der Waals surface area contributed by atoms with Gasteiger partial charge in [0.2, 0.25) is 0 Å². The Labute approximate surface area is 178 Å². The molecule has 158 valence electrons. The first-order valence-electron chi connectivity index (χ1n) is 8.70. The minimum absolute atomic E-state index is 0.0732. The first-order valence-corrected chi connectivity index (χ1v) is 10.5. The summed E-state index contributed by atoms with van der Waals surface area (Å²) in [5.41, 5.74) is 0.702. The average molecular weight is 454 g/mol. The molecule has 30 heavy (non-hydrogen) atoms. The van der Waals surface area contributed by atoms with E-state index in [0.717, 1.165) is 16.4 Å². The van der Waals surface area contributed by atoms with E-state index in [1.807, 2.05) is 0 Å². The predicted molar refractivity (Wildman–Crippen MR) is 111 cm³/mol. The predicted octanol–water partition coefficient (Wildman–Crippen LogP) is 5.03. The normalized spacial score (nSPS) is 11.2. The fourth-order valence-electron chi connectivity index (χ4n) is 2.84. The van der Waals surface area contributed by atoms with Crippen LogP contribution in [0.15, 0.2) is 65.6 Å². The van der Waals surface area contributed by atoms with E-state index in [1.165, 1.54) is 62.8 Å². The molecule has 3 rings (SSSR count). The van der Waals surface area contributed by atoms with Crippen molar-refractivity contribution in [3.63, 3.8) is 0 Å². The lowest BCUT2D eigenvalue weighted by molar-refractivity contribution is 0.355. The van der Waals surface area contributed by atoms with Crippen LogP contribution in [0.25, 0.3) is 0 Å². The maximum absolute atomic E-state index is 14.4. The Morgan fingerprint density at radius 1 is 0.900 bits per heavy atom. The smallest absolute Gasteiger partial charge is 0.267 e. The molecular weight excluding hydrogens is 436 g/mol. The summed E-state index contributed by atoms with van der Waals surface area (Å²) in [5, 5.41) is 0.0732. The van der Waals surface area contributed by atoms with Crippen molar-refractivity contribution < 1.29 is 26.7 Å². The van der Waals surface area contributed by atoms with E-state index in [1.54, 1.807) is 0 Å². The molecule has 0 heterocycles. The lowest BCUT2D eigenvalue weighted by Crippen LogP contribution is -2.31. The van der Waals surface area contributed by atoms with Gasteiger partial charge in [0.1, 0.15) is 16.5 Å². The van der Waals surface area contributed by atoms with Crippen LogP contribution >= 0.6 is 11.6 Å². The van der Waals surface area contributed by atoms with Gasteiger partial charge in [0.05, 0.1) is 26.5 Å². The van der Waals surface area contributed by atoms with Crippen LogP contribution in [0.5, 0.6) is 11.5 Å². The lowest BCUT2D eigenvalue weighted by atomic mass is 10.2. The van der Waals surface area contributed by atoms with Crippen molar-refractivity contribution >= 4 is 27.3 Å². The Morgan fingerprint density at radius 3 is 2.20 bits per heavy atom. The number of hydrogen-bond acceptors (Lipinski definition) is 4. The maximum Gasteiger partial charge on any atom is 0.267 e.